The molecular formula is C16H30BrN3. The van der Waals surface area contributed by atoms with E-state index in [1.807, 2.05) is 0 Å². The molecule has 116 valence electrons. The molecule has 1 aromatic rings. The third kappa shape index (κ3) is 4.88. The molecule has 3 nitrogen and oxygen atoms in total. The minimum atomic E-state index is 0.543. The standard InChI is InChI=1S/C16H30BrN3/c1-5-15(6-2)19(12-10-17)13-14-9-11-20(18-14)16(7-3)8-4/h9,11,15-16H,5-8,10,12-13H2,1-4H3. The van der Waals surface area contributed by atoms with Crippen molar-refractivity contribution in [1.29, 1.82) is 0 Å². The Hall–Kier alpha value is -0.350. The van der Waals surface area contributed by atoms with Crippen LogP contribution in [0.2, 0.25) is 0 Å². The van der Waals surface area contributed by atoms with Crippen molar-refractivity contribution in [3.05, 3.63) is 18.0 Å². The Labute approximate surface area is 132 Å². The van der Waals surface area contributed by atoms with Crippen LogP contribution < -0.4 is 0 Å². The summed E-state index contributed by atoms with van der Waals surface area (Å²) in [6.07, 6.45) is 6.85. The lowest BCUT2D eigenvalue weighted by atomic mass is 10.1. The van der Waals surface area contributed by atoms with Gasteiger partial charge in [-0.1, -0.05) is 43.6 Å². The molecule has 0 aromatic carbocycles. The van der Waals surface area contributed by atoms with Crippen molar-refractivity contribution in [3.8, 4) is 0 Å². The van der Waals surface area contributed by atoms with Crippen LogP contribution in [0.3, 0.4) is 0 Å². The van der Waals surface area contributed by atoms with E-state index in [0.29, 0.717) is 12.1 Å². The van der Waals surface area contributed by atoms with Gasteiger partial charge in [0.25, 0.3) is 0 Å². The highest BCUT2D eigenvalue weighted by Gasteiger charge is 2.16. The van der Waals surface area contributed by atoms with E-state index in [9.17, 15) is 0 Å². The van der Waals surface area contributed by atoms with E-state index in [4.69, 9.17) is 5.10 Å². The fourth-order valence-electron chi connectivity index (χ4n) is 2.84. The molecule has 0 aliphatic rings. The summed E-state index contributed by atoms with van der Waals surface area (Å²) in [4.78, 5) is 2.55. The number of halogens is 1. The maximum Gasteiger partial charge on any atom is 0.0765 e. The lowest BCUT2D eigenvalue weighted by Gasteiger charge is -2.29. The summed E-state index contributed by atoms with van der Waals surface area (Å²) < 4.78 is 2.15. The fraction of sp³-hybridized carbons (Fsp3) is 0.812. The summed E-state index contributed by atoms with van der Waals surface area (Å²) in [7, 11) is 0. The van der Waals surface area contributed by atoms with Gasteiger partial charge in [-0.05, 0) is 31.7 Å². The Morgan fingerprint density at radius 3 is 2.30 bits per heavy atom. The fourth-order valence-corrected chi connectivity index (χ4v) is 3.30. The van der Waals surface area contributed by atoms with Crippen molar-refractivity contribution in [2.45, 2.75) is 72.0 Å². The van der Waals surface area contributed by atoms with Gasteiger partial charge in [0.05, 0.1) is 11.7 Å². The zero-order valence-corrected chi connectivity index (χ0v) is 15.1. The van der Waals surface area contributed by atoms with Gasteiger partial charge >= 0.3 is 0 Å². The van der Waals surface area contributed by atoms with E-state index in [0.717, 1.165) is 31.3 Å². The molecule has 0 fully saturated rings. The maximum absolute atomic E-state index is 4.78. The van der Waals surface area contributed by atoms with Crippen LogP contribution in [0.4, 0.5) is 0 Å². The van der Waals surface area contributed by atoms with E-state index in [1.54, 1.807) is 0 Å². The highest BCUT2D eigenvalue weighted by molar-refractivity contribution is 9.09. The van der Waals surface area contributed by atoms with Gasteiger partial charge in [-0.15, -0.1) is 0 Å². The van der Waals surface area contributed by atoms with Crippen LogP contribution in [0.5, 0.6) is 0 Å². The average Bonchev–Trinajstić information content (AvgIpc) is 2.90. The molecule has 0 unspecified atom stereocenters. The molecule has 0 amide bonds. The van der Waals surface area contributed by atoms with Crippen molar-refractivity contribution in [2.24, 2.45) is 0 Å². The predicted octanol–water partition coefficient (Wildman–Crippen LogP) is 4.63. The smallest absolute Gasteiger partial charge is 0.0765 e. The lowest BCUT2D eigenvalue weighted by molar-refractivity contribution is 0.186. The molecule has 0 atom stereocenters. The van der Waals surface area contributed by atoms with Gasteiger partial charge < -0.3 is 0 Å². The van der Waals surface area contributed by atoms with Crippen molar-refractivity contribution in [2.75, 3.05) is 11.9 Å². The van der Waals surface area contributed by atoms with Gasteiger partial charge in [0, 0.05) is 30.7 Å². The zero-order chi connectivity index (χ0) is 15.0. The van der Waals surface area contributed by atoms with Crippen LogP contribution in [0, 0.1) is 0 Å². The molecule has 0 bridgehead atoms. The van der Waals surface area contributed by atoms with Crippen molar-refractivity contribution >= 4 is 15.9 Å². The molecule has 0 saturated heterocycles. The minimum Gasteiger partial charge on any atom is -0.294 e. The van der Waals surface area contributed by atoms with Gasteiger partial charge in [-0.25, -0.2) is 0 Å². The Bertz CT molecular complexity index is 356. The van der Waals surface area contributed by atoms with Gasteiger partial charge in [0.2, 0.25) is 0 Å². The second-order valence-electron chi connectivity index (χ2n) is 5.39. The van der Waals surface area contributed by atoms with E-state index in [-0.39, 0.29) is 0 Å². The monoisotopic (exact) mass is 343 g/mol. The largest absolute Gasteiger partial charge is 0.294 e. The topological polar surface area (TPSA) is 21.1 Å². The first kappa shape index (κ1) is 17.7. The van der Waals surface area contributed by atoms with E-state index in [2.05, 4.69) is 65.5 Å². The summed E-state index contributed by atoms with van der Waals surface area (Å²) in [6.45, 7) is 11.1. The molecule has 0 spiro atoms. The Morgan fingerprint density at radius 2 is 1.80 bits per heavy atom. The summed E-state index contributed by atoms with van der Waals surface area (Å²) in [6, 6.07) is 3.38. The third-order valence-corrected chi connectivity index (χ3v) is 4.53. The maximum atomic E-state index is 4.78. The quantitative estimate of drug-likeness (QED) is 0.577. The first-order valence-electron chi connectivity index (χ1n) is 8.03. The molecule has 0 radical (unpaired) electrons. The van der Waals surface area contributed by atoms with Gasteiger partial charge in [0.1, 0.15) is 0 Å². The molecule has 0 N–H and O–H groups in total. The minimum absolute atomic E-state index is 0.543. The summed E-state index contributed by atoms with van der Waals surface area (Å²) in [5.41, 5.74) is 1.20. The van der Waals surface area contributed by atoms with Crippen LogP contribution in [0.15, 0.2) is 12.3 Å². The van der Waals surface area contributed by atoms with E-state index < -0.39 is 0 Å². The van der Waals surface area contributed by atoms with Crippen molar-refractivity contribution in [1.82, 2.24) is 14.7 Å². The van der Waals surface area contributed by atoms with Crippen molar-refractivity contribution in [3.63, 3.8) is 0 Å². The van der Waals surface area contributed by atoms with Gasteiger partial charge in [0.15, 0.2) is 0 Å². The summed E-state index contributed by atoms with van der Waals surface area (Å²) in [5, 5.41) is 5.81. The summed E-state index contributed by atoms with van der Waals surface area (Å²) >= 11 is 3.57. The summed E-state index contributed by atoms with van der Waals surface area (Å²) in [5.74, 6) is 0. The molecule has 20 heavy (non-hydrogen) atoms. The van der Waals surface area contributed by atoms with Crippen LogP contribution in [0.1, 0.15) is 65.1 Å². The van der Waals surface area contributed by atoms with Crippen LogP contribution >= 0.6 is 15.9 Å². The van der Waals surface area contributed by atoms with Gasteiger partial charge in [-0.2, -0.15) is 5.10 Å². The number of rotatable bonds is 10. The number of aromatic nitrogens is 2. The highest BCUT2D eigenvalue weighted by atomic mass is 79.9. The highest BCUT2D eigenvalue weighted by Crippen LogP contribution is 2.17. The number of hydrogen-bond acceptors (Lipinski definition) is 2. The molecule has 1 aromatic heterocycles. The second kappa shape index (κ2) is 9.56. The SMILES string of the molecule is CCC(CC)N(CCBr)Cc1ccn(C(CC)CC)n1. The average molecular weight is 344 g/mol. The molecule has 0 aliphatic heterocycles. The Balaban J connectivity index is 2.73. The third-order valence-electron chi connectivity index (χ3n) is 4.18. The van der Waals surface area contributed by atoms with Gasteiger partial charge in [-0.3, -0.25) is 9.58 Å². The number of alkyl halides is 1. The van der Waals surface area contributed by atoms with Crippen LogP contribution in [0.25, 0.3) is 0 Å². The molecule has 4 heteroatoms. The Kier molecular flexibility index (Phi) is 8.46. The molecule has 0 aliphatic carbocycles. The first-order chi connectivity index (χ1) is 9.69. The van der Waals surface area contributed by atoms with Crippen molar-refractivity contribution < 1.29 is 0 Å². The number of hydrogen-bond donors (Lipinski definition) is 0. The van der Waals surface area contributed by atoms with E-state index >= 15 is 0 Å². The molecular weight excluding hydrogens is 314 g/mol. The van der Waals surface area contributed by atoms with Crippen LogP contribution in [-0.2, 0) is 6.54 Å². The predicted molar refractivity (Wildman–Crippen MR) is 90.4 cm³/mol. The normalized spacial score (nSPS) is 12.0. The lowest BCUT2D eigenvalue weighted by Crippen LogP contribution is -2.35. The first-order valence-corrected chi connectivity index (χ1v) is 9.16. The molecule has 1 heterocycles. The Morgan fingerprint density at radius 1 is 1.15 bits per heavy atom. The van der Waals surface area contributed by atoms with E-state index in [1.165, 1.54) is 18.5 Å². The molecule has 0 saturated carbocycles. The second-order valence-corrected chi connectivity index (χ2v) is 6.18. The van der Waals surface area contributed by atoms with Crippen LogP contribution in [-0.4, -0.2) is 32.6 Å². The number of nitrogens with zero attached hydrogens (tertiary/aromatic N) is 3. The molecule has 1 rings (SSSR count). The zero-order valence-electron chi connectivity index (χ0n) is 13.5.